The van der Waals surface area contributed by atoms with Gasteiger partial charge in [-0.1, -0.05) is 0 Å². The molecule has 1 fully saturated rings. The van der Waals surface area contributed by atoms with Crippen molar-refractivity contribution in [2.24, 2.45) is 0 Å². The highest BCUT2D eigenvalue weighted by atomic mass is 35.5. The van der Waals surface area contributed by atoms with Crippen LogP contribution in [-0.4, -0.2) is 29.5 Å². The molecule has 0 saturated carbocycles. The van der Waals surface area contributed by atoms with Crippen molar-refractivity contribution < 1.29 is 17.2 Å². The molecular formula is C12H11ClF2N2O2S. The average Bonchev–Trinajstić information content (AvgIpc) is 2.94. The molecule has 1 saturated heterocycles. The summed E-state index contributed by atoms with van der Waals surface area (Å²) in [5, 5.41) is 0. The standard InChI is InChI=1S/C12H11ClF2N2O2S/c13-5-10-16-9-2-1-8(14)11(15)12(9)17(10)7-3-4-20(18,19)6-7/h1-2,7H,3-6H2. The Bertz CT molecular complexity index is 788. The van der Waals surface area contributed by atoms with Gasteiger partial charge in [-0.25, -0.2) is 22.2 Å². The Morgan fingerprint density at radius 2 is 2.15 bits per heavy atom. The van der Waals surface area contributed by atoms with E-state index in [9.17, 15) is 17.2 Å². The number of imidazole rings is 1. The van der Waals surface area contributed by atoms with Crippen LogP contribution < -0.4 is 0 Å². The first-order chi connectivity index (χ1) is 9.43. The second-order valence-corrected chi connectivity index (χ2v) is 7.31. The van der Waals surface area contributed by atoms with Crippen LogP contribution in [0.5, 0.6) is 0 Å². The van der Waals surface area contributed by atoms with E-state index in [-0.39, 0.29) is 28.4 Å². The van der Waals surface area contributed by atoms with E-state index < -0.39 is 27.5 Å². The minimum Gasteiger partial charge on any atom is -0.320 e. The number of hydrogen-bond acceptors (Lipinski definition) is 3. The Morgan fingerprint density at radius 3 is 2.75 bits per heavy atom. The highest BCUT2D eigenvalue weighted by Gasteiger charge is 2.32. The topological polar surface area (TPSA) is 52.0 Å². The van der Waals surface area contributed by atoms with Gasteiger partial charge in [0.25, 0.3) is 0 Å². The lowest BCUT2D eigenvalue weighted by Gasteiger charge is -2.14. The fourth-order valence-corrected chi connectivity index (χ4v) is 4.53. The molecule has 0 N–H and O–H groups in total. The third-order valence-electron chi connectivity index (χ3n) is 3.51. The number of halogens is 3. The molecule has 0 spiro atoms. The minimum atomic E-state index is -3.15. The van der Waals surface area contributed by atoms with Crippen LogP contribution in [0.1, 0.15) is 18.3 Å². The molecule has 1 aliphatic rings. The predicted molar refractivity (Wildman–Crippen MR) is 71.5 cm³/mol. The van der Waals surface area contributed by atoms with Crippen molar-refractivity contribution in [1.29, 1.82) is 0 Å². The number of aromatic nitrogens is 2. The lowest BCUT2D eigenvalue weighted by Crippen LogP contribution is -2.14. The molecule has 1 atom stereocenters. The van der Waals surface area contributed by atoms with Crippen LogP contribution >= 0.6 is 11.6 Å². The lowest BCUT2D eigenvalue weighted by atomic mass is 10.2. The summed E-state index contributed by atoms with van der Waals surface area (Å²) in [4.78, 5) is 4.15. The van der Waals surface area contributed by atoms with Crippen LogP contribution in [0.25, 0.3) is 11.0 Å². The van der Waals surface area contributed by atoms with Gasteiger partial charge in [-0.3, -0.25) is 0 Å². The molecule has 0 amide bonds. The smallest absolute Gasteiger partial charge is 0.184 e. The second-order valence-electron chi connectivity index (χ2n) is 4.82. The highest BCUT2D eigenvalue weighted by molar-refractivity contribution is 7.91. The largest absolute Gasteiger partial charge is 0.320 e. The van der Waals surface area contributed by atoms with E-state index in [1.165, 1.54) is 10.6 Å². The molecule has 4 nitrogen and oxygen atoms in total. The molecule has 0 bridgehead atoms. The van der Waals surface area contributed by atoms with Gasteiger partial charge >= 0.3 is 0 Å². The van der Waals surface area contributed by atoms with Crippen LogP contribution in [0.2, 0.25) is 0 Å². The first kappa shape index (κ1) is 13.8. The van der Waals surface area contributed by atoms with Crippen molar-refractivity contribution in [2.75, 3.05) is 11.5 Å². The SMILES string of the molecule is O=S1(=O)CCC(n2c(CCl)nc3ccc(F)c(F)c32)C1. The molecule has 0 radical (unpaired) electrons. The molecule has 20 heavy (non-hydrogen) atoms. The second kappa shape index (κ2) is 4.66. The number of fused-ring (bicyclic) bond motifs is 1. The summed E-state index contributed by atoms with van der Waals surface area (Å²) in [7, 11) is -3.15. The van der Waals surface area contributed by atoms with Gasteiger partial charge in [-0.15, -0.1) is 11.6 Å². The molecule has 3 rings (SSSR count). The summed E-state index contributed by atoms with van der Waals surface area (Å²) >= 11 is 5.80. The molecular weight excluding hydrogens is 310 g/mol. The molecule has 8 heteroatoms. The highest BCUT2D eigenvalue weighted by Crippen LogP contribution is 2.31. The first-order valence-electron chi connectivity index (χ1n) is 6.04. The Morgan fingerprint density at radius 1 is 1.40 bits per heavy atom. The normalized spacial score (nSPS) is 21.6. The van der Waals surface area contributed by atoms with E-state index in [2.05, 4.69) is 4.98 Å². The van der Waals surface area contributed by atoms with Gasteiger partial charge in [0, 0.05) is 0 Å². The number of benzene rings is 1. The average molecular weight is 321 g/mol. The molecule has 0 aliphatic carbocycles. The van der Waals surface area contributed by atoms with E-state index in [1.54, 1.807) is 0 Å². The van der Waals surface area contributed by atoms with Gasteiger partial charge in [0.2, 0.25) is 0 Å². The quantitative estimate of drug-likeness (QED) is 0.798. The van der Waals surface area contributed by atoms with Gasteiger partial charge < -0.3 is 4.57 Å². The molecule has 2 heterocycles. The number of hydrogen-bond donors (Lipinski definition) is 0. The Kier molecular flexibility index (Phi) is 3.21. The summed E-state index contributed by atoms with van der Waals surface area (Å²) in [5.74, 6) is -1.70. The number of nitrogens with zero attached hydrogens (tertiary/aromatic N) is 2. The molecule has 1 aromatic heterocycles. The van der Waals surface area contributed by atoms with Gasteiger partial charge in [0.15, 0.2) is 21.5 Å². The van der Waals surface area contributed by atoms with E-state index in [4.69, 9.17) is 11.6 Å². The molecule has 1 unspecified atom stereocenters. The van der Waals surface area contributed by atoms with Crippen molar-refractivity contribution in [2.45, 2.75) is 18.3 Å². The minimum absolute atomic E-state index is 0.00624. The summed E-state index contributed by atoms with van der Waals surface area (Å²) in [6.07, 6.45) is 0.355. The number of rotatable bonds is 2. The van der Waals surface area contributed by atoms with E-state index in [0.29, 0.717) is 12.2 Å². The molecule has 2 aromatic rings. The van der Waals surface area contributed by atoms with E-state index in [1.807, 2.05) is 0 Å². The van der Waals surface area contributed by atoms with Crippen LogP contribution in [0.15, 0.2) is 12.1 Å². The Hall–Kier alpha value is -1.21. The van der Waals surface area contributed by atoms with Gasteiger partial charge in [-0.05, 0) is 18.6 Å². The Labute approximate surface area is 119 Å². The van der Waals surface area contributed by atoms with Gasteiger partial charge in [0.1, 0.15) is 11.3 Å². The zero-order valence-corrected chi connectivity index (χ0v) is 11.9. The van der Waals surface area contributed by atoms with E-state index in [0.717, 1.165) is 6.07 Å². The summed E-state index contributed by atoms with van der Waals surface area (Å²) in [6, 6.07) is 1.91. The Balaban J connectivity index is 2.25. The molecule has 1 aliphatic heterocycles. The van der Waals surface area contributed by atoms with Crippen LogP contribution in [0.3, 0.4) is 0 Å². The fraction of sp³-hybridized carbons (Fsp3) is 0.417. The molecule has 1 aromatic carbocycles. The lowest BCUT2D eigenvalue weighted by molar-refractivity contribution is 0.499. The maximum absolute atomic E-state index is 14.0. The zero-order chi connectivity index (χ0) is 14.5. The predicted octanol–water partition coefficient (Wildman–Crippen LogP) is 2.41. The van der Waals surface area contributed by atoms with Crippen molar-refractivity contribution in [3.8, 4) is 0 Å². The third-order valence-corrected chi connectivity index (χ3v) is 5.50. The van der Waals surface area contributed by atoms with Crippen molar-refractivity contribution in [3.63, 3.8) is 0 Å². The zero-order valence-electron chi connectivity index (χ0n) is 10.3. The van der Waals surface area contributed by atoms with Gasteiger partial charge in [-0.2, -0.15) is 0 Å². The number of sulfone groups is 1. The first-order valence-corrected chi connectivity index (χ1v) is 8.40. The van der Waals surface area contributed by atoms with Crippen LogP contribution in [-0.2, 0) is 15.7 Å². The van der Waals surface area contributed by atoms with Crippen molar-refractivity contribution in [3.05, 3.63) is 29.6 Å². The van der Waals surface area contributed by atoms with E-state index >= 15 is 0 Å². The van der Waals surface area contributed by atoms with Gasteiger partial charge in [0.05, 0.1) is 28.9 Å². The number of alkyl halides is 1. The fourth-order valence-electron chi connectivity index (χ4n) is 2.64. The van der Waals surface area contributed by atoms with Crippen LogP contribution in [0, 0.1) is 11.6 Å². The third kappa shape index (κ3) is 2.09. The maximum atomic E-state index is 14.0. The van der Waals surface area contributed by atoms with Crippen LogP contribution in [0.4, 0.5) is 8.78 Å². The maximum Gasteiger partial charge on any atom is 0.184 e. The summed E-state index contributed by atoms with van der Waals surface area (Å²) in [5.41, 5.74) is 0.270. The monoisotopic (exact) mass is 320 g/mol. The summed E-state index contributed by atoms with van der Waals surface area (Å²) in [6.45, 7) is 0. The van der Waals surface area contributed by atoms with Crippen molar-refractivity contribution in [1.82, 2.24) is 9.55 Å². The summed E-state index contributed by atoms with van der Waals surface area (Å²) < 4.78 is 52.1. The van der Waals surface area contributed by atoms with Crippen molar-refractivity contribution >= 4 is 32.5 Å². The molecule has 108 valence electrons.